The van der Waals surface area contributed by atoms with E-state index in [1.54, 1.807) is 0 Å². The highest BCUT2D eigenvalue weighted by Crippen LogP contribution is 2.11. The minimum atomic E-state index is 0.693. The van der Waals surface area contributed by atoms with E-state index in [1.165, 1.54) is 17.8 Å². The summed E-state index contributed by atoms with van der Waals surface area (Å²) in [6.07, 6.45) is 2.21. The molecular formula is C13H23N3O. The average Bonchev–Trinajstić information content (AvgIpc) is 2.98. The standard InChI is InChI=1S/C13H23N3O/c1-3-12-7-13(16(4-2)15-12)9-14-8-11-5-6-17-10-11/h7,11,14H,3-6,8-10H2,1-2H3. The van der Waals surface area contributed by atoms with Gasteiger partial charge >= 0.3 is 0 Å². The number of nitrogens with one attached hydrogen (secondary N) is 1. The minimum Gasteiger partial charge on any atom is -0.381 e. The van der Waals surface area contributed by atoms with E-state index in [0.29, 0.717) is 5.92 Å². The third kappa shape index (κ3) is 3.30. The second kappa shape index (κ2) is 6.17. The molecule has 1 aromatic rings. The number of rotatable bonds is 6. The first kappa shape index (κ1) is 12.6. The summed E-state index contributed by atoms with van der Waals surface area (Å²) in [6.45, 7) is 9.05. The van der Waals surface area contributed by atoms with Crippen molar-refractivity contribution in [3.8, 4) is 0 Å². The largest absolute Gasteiger partial charge is 0.381 e. The molecule has 0 bridgehead atoms. The van der Waals surface area contributed by atoms with Crippen LogP contribution in [0.15, 0.2) is 6.07 Å². The molecule has 96 valence electrons. The first-order chi connectivity index (χ1) is 8.33. The van der Waals surface area contributed by atoms with Crippen LogP contribution >= 0.6 is 0 Å². The summed E-state index contributed by atoms with van der Waals surface area (Å²) in [6, 6.07) is 2.21. The number of aromatic nitrogens is 2. The smallest absolute Gasteiger partial charge is 0.0625 e. The summed E-state index contributed by atoms with van der Waals surface area (Å²) >= 11 is 0. The van der Waals surface area contributed by atoms with Crippen molar-refractivity contribution in [2.45, 2.75) is 39.8 Å². The SMILES string of the molecule is CCc1cc(CNCC2CCOC2)n(CC)n1. The molecule has 1 fully saturated rings. The molecule has 2 heterocycles. The molecule has 0 saturated carbocycles. The fourth-order valence-electron chi connectivity index (χ4n) is 2.25. The second-order valence-corrected chi connectivity index (χ2v) is 4.66. The van der Waals surface area contributed by atoms with Crippen LogP contribution in [0.25, 0.3) is 0 Å². The van der Waals surface area contributed by atoms with Gasteiger partial charge in [0.05, 0.1) is 18.0 Å². The third-order valence-corrected chi connectivity index (χ3v) is 3.34. The first-order valence-corrected chi connectivity index (χ1v) is 6.67. The highest BCUT2D eigenvalue weighted by molar-refractivity contribution is 5.10. The fourth-order valence-corrected chi connectivity index (χ4v) is 2.25. The zero-order valence-corrected chi connectivity index (χ0v) is 10.9. The molecule has 0 aliphatic carbocycles. The van der Waals surface area contributed by atoms with Crippen molar-refractivity contribution in [2.75, 3.05) is 19.8 Å². The highest BCUT2D eigenvalue weighted by Gasteiger charge is 2.15. The van der Waals surface area contributed by atoms with Crippen LogP contribution in [0.5, 0.6) is 0 Å². The van der Waals surface area contributed by atoms with E-state index < -0.39 is 0 Å². The molecule has 1 unspecified atom stereocenters. The van der Waals surface area contributed by atoms with Crippen LogP contribution in [0.1, 0.15) is 31.7 Å². The van der Waals surface area contributed by atoms with E-state index in [0.717, 1.165) is 39.3 Å². The lowest BCUT2D eigenvalue weighted by Crippen LogP contribution is -2.24. The Balaban J connectivity index is 1.82. The normalized spacial score (nSPS) is 20.0. The van der Waals surface area contributed by atoms with Gasteiger partial charge in [-0.2, -0.15) is 5.10 Å². The van der Waals surface area contributed by atoms with E-state index in [1.807, 2.05) is 0 Å². The maximum absolute atomic E-state index is 5.37. The van der Waals surface area contributed by atoms with E-state index in [2.05, 4.69) is 35.0 Å². The van der Waals surface area contributed by atoms with Gasteiger partial charge in [-0.15, -0.1) is 0 Å². The monoisotopic (exact) mass is 237 g/mol. The molecule has 1 saturated heterocycles. The lowest BCUT2D eigenvalue weighted by Gasteiger charge is -2.10. The summed E-state index contributed by atoms with van der Waals surface area (Å²) < 4.78 is 7.46. The van der Waals surface area contributed by atoms with E-state index >= 15 is 0 Å². The number of ether oxygens (including phenoxy) is 1. The molecule has 1 atom stereocenters. The van der Waals surface area contributed by atoms with Crippen LogP contribution < -0.4 is 5.32 Å². The summed E-state index contributed by atoms with van der Waals surface area (Å²) in [5, 5.41) is 8.06. The van der Waals surface area contributed by atoms with Crippen LogP contribution in [-0.4, -0.2) is 29.5 Å². The van der Waals surface area contributed by atoms with Crippen molar-refractivity contribution in [1.82, 2.24) is 15.1 Å². The van der Waals surface area contributed by atoms with Crippen molar-refractivity contribution in [3.63, 3.8) is 0 Å². The molecule has 1 aliphatic rings. The van der Waals surface area contributed by atoms with Gasteiger partial charge in [0, 0.05) is 26.2 Å². The maximum Gasteiger partial charge on any atom is 0.0625 e. The summed E-state index contributed by atoms with van der Waals surface area (Å²) in [4.78, 5) is 0. The molecule has 0 spiro atoms. The molecule has 4 nitrogen and oxygen atoms in total. The van der Waals surface area contributed by atoms with Crippen LogP contribution in [-0.2, 0) is 24.2 Å². The lowest BCUT2D eigenvalue weighted by atomic mass is 10.1. The molecule has 4 heteroatoms. The fraction of sp³-hybridized carbons (Fsp3) is 0.769. The quantitative estimate of drug-likeness (QED) is 0.816. The number of hydrogen-bond acceptors (Lipinski definition) is 3. The van der Waals surface area contributed by atoms with Crippen molar-refractivity contribution >= 4 is 0 Å². The van der Waals surface area contributed by atoms with Gasteiger partial charge in [0.25, 0.3) is 0 Å². The Morgan fingerprint density at radius 1 is 1.53 bits per heavy atom. The Labute approximate surface area is 103 Å². The van der Waals surface area contributed by atoms with E-state index in [9.17, 15) is 0 Å². The van der Waals surface area contributed by atoms with E-state index in [4.69, 9.17) is 4.74 Å². The van der Waals surface area contributed by atoms with Crippen LogP contribution in [0.4, 0.5) is 0 Å². The van der Waals surface area contributed by atoms with Gasteiger partial charge in [0.1, 0.15) is 0 Å². The Morgan fingerprint density at radius 3 is 3.06 bits per heavy atom. The molecule has 1 aromatic heterocycles. The number of nitrogens with zero attached hydrogens (tertiary/aromatic N) is 2. The molecule has 17 heavy (non-hydrogen) atoms. The van der Waals surface area contributed by atoms with Gasteiger partial charge in [-0.05, 0) is 31.7 Å². The van der Waals surface area contributed by atoms with Crippen LogP contribution in [0.2, 0.25) is 0 Å². The number of hydrogen-bond donors (Lipinski definition) is 1. The summed E-state index contributed by atoms with van der Waals surface area (Å²) in [5.41, 5.74) is 2.48. The second-order valence-electron chi connectivity index (χ2n) is 4.66. The van der Waals surface area contributed by atoms with Gasteiger partial charge in [-0.25, -0.2) is 0 Å². The molecular weight excluding hydrogens is 214 g/mol. The zero-order valence-electron chi connectivity index (χ0n) is 10.9. The lowest BCUT2D eigenvalue weighted by molar-refractivity contribution is 0.185. The topological polar surface area (TPSA) is 39.1 Å². The Morgan fingerprint density at radius 2 is 2.41 bits per heavy atom. The molecule has 0 radical (unpaired) electrons. The molecule has 0 amide bonds. The maximum atomic E-state index is 5.37. The highest BCUT2D eigenvalue weighted by atomic mass is 16.5. The van der Waals surface area contributed by atoms with Crippen molar-refractivity contribution in [3.05, 3.63) is 17.5 Å². The Kier molecular flexibility index (Phi) is 4.57. The van der Waals surface area contributed by atoms with Crippen LogP contribution in [0.3, 0.4) is 0 Å². The molecule has 1 aliphatic heterocycles. The average molecular weight is 237 g/mol. The summed E-state index contributed by atoms with van der Waals surface area (Å²) in [7, 11) is 0. The first-order valence-electron chi connectivity index (χ1n) is 6.67. The van der Waals surface area contributed by atoms with Crippen molar-refractivity contribution in [1.29, 1.82) is 0 Å². The number of aryl methyl sites for hydroxylation is 2. The summed E-state index contributed by atoms with van der Waals surface area (Å²) in [5.74, 6) is 0.693. The van der Waals surface area contributed by atoms with Crippen molar-refractivity contribution in [2.24, 2.45) is 5.92 Å². The zero-order chi connectivity index (χ0) is 12.1. The molecule has 0 aromatic carbocycles. The van der Waals surface area contributed by atoms with Gasteiger partial charge in [-0.3, -0.25) is 4.68 Å². The minimum absolute atomic E-state index is 0.693. The predicted octanol–water partition coefficient (Wildman–Crippen LogP) is 1.59. The van der Waals surface area contributed by atoms with Gasteiger partial charge in [-0.1, -0.05) is 6.92 Å². The Hall–Kier alpha value is -0.870. The van der Waals surface area contributed by atoms with Gasteiger partial charge in [0.15, 0.2) is 0 Å². The predicted molar refractivity (Wildman–Crippen MR) is 67.9 cm³/mol. The van der Waals surface area contributed by atoms with Crippen molar-refractivity contribution < 1.29 is 4.74 Å². The third-order valence-electron chi connectivity index (χ3n) is 3.34. The van der Waals surface area contributed by atoms with Gasteiger partial charge in [0.2, 0.25) is 0 Å². The Bertz CT molecular complexity index is 342. The van der Waals surface area contributed by atoms with Crippen LogP contribution in [0, 0.1) is 5.92 Å². The van der Waals surface area contributed by atoms with E-state index in [-0.39, 0.29) is 0 Å². The molecule has 1 N–H and O–H groups in total. The van der Waals surface area contributed by atoms with Gasteiger partial charge < -0.3 is 10.1 Å². The molecule has 2 rings (SSSR count).